The van der Waals surface area contributed by atoms with Crippen LogP contribution in [0.3, 0.4) is 0 Å². The van der Waals surface area contributed by atoms with Crippen LogP contribution in [-0.2, 0) is 0 Å². The van der Waals surface area contributed by atoms with Gasteiger partial charge in [-0.2, -0.15) is 5.26 Å². The Morgan fingerprint density at radius 2 is 2.06 bits per heavy atom. The van der Waals surface area contributed by atoms with Crippen LogP contribution in [-0.4, -0.2) is 0 Å². The Balaban J connectivity index is 2.35. The van der Waals surface area contributed by atoms with E-state index in [1.807, 2.05) is 31.2 Å². The van der Waals surface area contributed by atoms with Crippen LogP contribution in [0, 0.1) is 18.3 Å². The monoisotopic (exact) mass is 301 g/mol. The molecule has 2 aromatic rings. The van der Waals surface area contributed by atoms with Crippen molar-refractivity contribution in [2.24, 2.45) is 0 Å². The van der Waals surface area contributed by atoms with Gasteiger partial charge in [0, 0.05) is 10.2 Å². The molecule has 0 amide bonds. The smallest absolute Gasteiger partial charge is 0.101 e. The third kappa shape index (κ3) is 2.47. The summed E-state index contributed by atoms with van der Waals surface area (Å²) in [4.78, 5) is 0. The van der Waals surface area contributed by atoms with E-state index >= 15 is 0 Å². The van der Waals surface area contributed by atoms with E-state index in [0.717, 1.165) is 15.8 Å². The zero-order valence-corrected chi connectivity index (χ0v) is 11.5. The van der Waals surface area contributed by atoms with Crippen LogP contribution >= 0.6 is 15.9 Å². The average molecular weight is 302 g/mol. The number of benzene rings is 2. The zero-order valence-electron chi connectivity index (χ0n) is 9.87. The summed E-state index contributed by atoms with van der Waals surface area (Å²) in [7, 11) is 0. The van der Waals surface area contributed by atoms with Crippen molar-refractivity contribution in [3.8, 4) is 6.07 Å². The molecule has 4 heteroatoms. The van der Waals surface area contributed by atoms with E-state index in [9.17, 15) is 0 Å². The second-order valence-electron chi connectivity index (χ2n) is 3.97. The minimum Gasteiger partial charge on any atom is -0.396 e. The van der Waals surface area contributed by atoms with Crippen molar-refractivity contribution in [2.75, 3.05) is 11.1 Å². The highest BCUT2D eigenvalue weighted by Crippen LogP contribution is 2.28. The summed E-state index contributed by atoms with van der Waals surface area (Å²) >= 11 is 3.48. The number of nitrogen functional groups attached to an aromatic ring is 1. The summed E-state index contributed by atoms with van der Waals surface area (Å²) in [5.74, 6) is 0. The summed E-state index contributed by atoms with van der Waals surface area (Å²) in [5, 5.41) is 12.1. The summed E-state index contributed by atoms with van der Waals surface area (Å²) in [6.07, 6.45) is 0. The van der Waals surface area contributed by atoms with Crippen LogP contribution in [0.2, 0.25) is 0 Å². The number of nitrogens with two attached hydrogens (primary N) is 1. The lowest BCUT2D eigenvalue weighted by Crippen LogP contribution is -1.98. The van der Waals surface area contributed by atoms with Gasteiger partial charge in [0.2, 0.25) is 0 Å². The summed E-state index contributed by atoms with van der Waals surface area (Å²) < 4.78 is 1.03. The average Bonchev–Trinajstić information content (AvgIpc) is 2.36. The number of nitriles is 1. The second kappa shape index (κ2) is 5.11. The number of para-hydroxylation sites is 1. The molecule has 0 radical (unpaired) electrons. The van der Waals surface area contributed by atoms with Crippen molar-refractivity contribution in [1.82, 2.24) is 0 Å². The predicted molar refractivity (Wildman–Crippen MR) is 77.7 cm³/mol. The summed E-state index contributed by atoms with van der Waals surface area (Å²) in [6.45, 7) is 2.03. The first-order chi connectivity index (χ1) is 8.61. The number of nitrogens with zero attached hydrogens (tertiary/aromatic N) is 1. The van der Waals surface area contributed by atoms with Gasteiger partial charge < -0.3 is 11.1 Å². The molecule has 0 aliphatic carbocycles. The molecule has 0 atom stereocenters. The van der Waals surface area contributed by atoms with Crippen molar-refractivity contribution in [3.05, 3.63) is 52.0 Å². The molecule has 0 bridgehead atoms. The topological polar surface area (TPSA) is 61.8 Å². The first-order valence-corrected chi connectivity index (χ1v) is 6.23. The van der Waals surface area contributed by atoms with E-state index in [4.69, 9.17) is 11.0 Å². The first kappa shape index (κ1) is 12.5. The molecule has 0 saturated heterocycles. The SMILES string of the molecule is Cc1ccc(Nc2cccc(C#N)c2N)cc1Br. The summed E-state index contributed by atoms with van der Waals surface area (Å²) in [6, 6.07) is 13.4. The van der Waals surface area contributed by atoms with Gasteiger partial charge >= 0.3 is 0 Å². The van der Waals surface area contributed by atoms with Crippen molar-refractivity contribution in [3.63, 3.8) is 0 Å². The third-order valence-corrected chi connectivity index (χ3v) is 3.53. The number of hydrogen-bond donors (Lipinski definition) is 2. The predicted octanol–water partition coefficient (Wildman–Crippen LogP) is 3.96. The van der Waals surface area contributed by atoms with Gasteiger partial charge in [-0.25, -0.2) is 0 Å². The molecule has 90 valence electrons. The highest BCUT2D eigenvalue weighted by Gasteiger charge is 2.05. The van der Waals surface area contributed by atoms with Crippen LogP contribution in [0.25, 0.3) is 0 Å². The minimum atomic E-state index is 0.469. The fraction of sp³-hybridized carbons (Fsp3) is 0.0714. The highest BCUT2D eigenvalue weighted by atomic mass is 79.9. The molecule has 2 rings (SSSR count). The number of nitrogens with one attached hydrogen (secondary N) is 1. The molecule has 0 saturated carbocycles. The molecule has 0 heterocycles. The largest absolute Gasteiger partial charge is 0.396 e. The van der Waals surface area contributed by atoms with E-state index < -0.39 is 0 Å². The van der Waals surface area contributed by atoms with Crippen LogP contribution in [0.4, 0.5) is 17.1 Å². The maximum atomic E-state index is 8.92. The van der Waals surface area contributed by atoms with Crippen LogP contribution in [0.1, 0.15) is 11.1 Å². The number of hydrogen-bond acceptors (Lipinski definition) is 3. The van der Waals surface area contributed by atoms with E-state index in [1.165, 1.54) is 5.56 Å². The van der Waals surface area contributed by atoms with Crippen molar-refractivity contribution in [2.45, 2.75) is 6.92 Å². The number of anilines is 3. The van der Waals surface area contributed by atoms with Crippen LogP contribution < -0.4 is 11.1 Å². The molecular formula is C14H12BrN3. The Hall–Kier alpha value is -1.99. The Bertz CT molecular complexity index is 629. The van der Waals surface area contributed by atoms with E-state index in [2.05, 4.69) is 27.3 Å². The number of halogens is 1. The van der Waals surface area contributed by atoms with Gasteiger partial charge in [0.1, 0.15) is 6.07 Å². The van der Waals surface area contributed by atoms with Crippen molar-refractivity contribution in [1.29, 1.82) is 5.26 Å². The van der Waals surface area contributed by atoms with E-state index in [0.29, 0.717) is 11.3 Å². The van der Waals surface area contributed by atoms with E-state index in [1.54, 1.807) is 12.1 Å². The third-order valence-electron chi connectivity index (χ3n) is 2.68. The van der Waals surface area contributed by atoms with Crippen LogP contribution in [0.5, 0.6) is 0 Å². The number of aryl methyl sites for hydroxylation is 1. The highest BCUT2D eigenvalue weighted by molar-refractivity contribution is 9.10. The van der Waals surface area contributed by atoms with Gasteiger partial charge in [-0.05, 0) is 36.8 Å². The van der Waals surface area contributed by atoms with Gasteiger partial charge in [-0.3, -0.25) is 0 Å². The van der Waals surface area contributed by atoms with Crippen molar-refractivity contribution < 1.29 is 0 Å². The lowest BCUT2D eigenvalue weighted by Gasteiger charge is -2.11. The molecule has 0 spiro atoms. The molecular weight excluding hydrogens is 290 g/mol. The first-order valence-electron chi connectivity index (χ1n) is 5.43. The molecule has 0 aliphatic heterocycles. The zero-order chi connectivity index (χ0) is 13.1. The van der Waals surface area contributed by atoms with Gasteiger partial charge in [-0.15, -0.1) is 0 Å². The fourth-order valence-corrected chi connectivity index (χ4v) is 1.98. The molecule has 3 N–H and O–H groups in total. The van der Waals surface area contributed by atoms with Crippen LogP contribution in [0.15, 0.2) is 40.9 Å². The Morgan fingerprint density at radius 3 is 2.72 bits per heavy atom. The fourth-order valence-electron chi connectivity index (χ4n) is 1.60. The maximum absolute atomic E-state index is 8.92. The minimum absolute atomic E-state index is 0.469. The van der Waals surface area contributed by atoms with Gasteiger partial charge in [-0.1, -0.05) is 28.1 Å². The lowest BCUT2D eigenvalue weighted by molar-refractivity contribution is 1.41. The maximum Gasteiger partial charge on any atom is 0.101 e. The van der Waals surface area contributed by atoms with E-state index in [-0.39, 0.29) is 0 Å². The molecule has 2 aromatic carbocycles. The quantitative estimate of drug-likeness (QED) is 0.826. The molecule has 3 nitrogen and oxygen atoms in total. The molecule has 0 fully saturated rings. The standard InChI is InChI=1S/C14H12BrN3/c1-9-5-6-11(7-12(9)15)18-13-4-2-3-10(8-16)14(13)17/h2-7,18H,17H2,1H3. The molecule has 18 heavy (non-hydrogen) atoms. The van der Waals surface area contributed by atoms with Gasteiger partial charge in [0.15, 0.2) is 0 Å². The van der Waals surface area contributed by atoms with Gasteiger partial charge in [0.05, 0.1) is 16.9 Å². The number of rotatable bonds is 2. The second-order valence-corrected chi connectivity index (χ2v) is 4.82. The summed E-state index contributed by atoms with van der Waals surface area (Å²) in [5.41, 5.74) is 9.69. The molecule has 0 unspecified atom stereocenters. The molecule has 0 aliphatic rings. The normalized spacial score (nSPS) is 9.83. The lowest BCUT2D eigenvalue weighted by atomic mass is 10.1. The Kier molecular flexibility index (Phi) is 3.54. The Morgan fingerprint density at radius 1 is 1.28 bits per heavy atom. The van der Waals surface area contributed by atoms with Crippen molar-refractivity contribution >= 4 is 33.0 Å². The van der Waals surface area contributed by atoms with Gasteiger partial charge in [0.25, 0.3) is 0 Å². The molecule has 0 aromatic heterocycles. The Labute approximate surface area is 114 Å².